The van der Waals surface area contributed by atoms with Crippen molar-refractivity contribution >= 4 is 8.80 Å². The summed E-state index contributed by atoms with van der Waals surface area (Å²) in [7, 11) is -0.344. The second-order valence-electron chi connectivity index (χ2n) is 5.42. The van der Waals surface area contributed by atoms with Crippen molar-refractivity contribution in [2.45, 2.75) is 45.7 Å². The van der Waals surface area contributed by atoms with Crippen LogP contribution in [-0.2, 0) is 4.74 Å². The normalized spacial score (nSPS) is 13.8. The van der Waals surface area contributed by atoms with Crippen molar-refractivity contribution in [3.63, 3.8) is 0 Å². The lowest BCUT2D eigenvalue weighted by Gasteiger charge is -2.15. The van der Waals surface area contributed by atoms with Crippen molar-refractivity contribution < 1.29 is 4.74 Å². The molecular weight excluding hydrogens is 248 g/mol. The summed E-state index contributed by atoms with van der Waals surface area (Å²) in [6.07, 6.45) is 5.71. The Morgan fingerprint density at radius 2 is 1.63 bits per heavy atom. The predicted octanol–water partition coefficient (Wildman–Crippen LogP) is 5.25. The van der Waals surface area contributed by atoms with E-state index in [1.54, 1.807) is 12.5 Å². The van der Waals surface area contributed by atoms with Gasteiger partial charge < -0.3 is 4.74 Å². The molecule has 2 heteroatoms. The van der Waals surface area contributed by atoms with Gasteiger partial charge in [0, 0.05) is 5.92 Å². The fourth-order valence-corrected chi connectivity index (χ4v) is 2.29. The third-order valence-corrected chi connectivity index (χ3v) is 3.84. The second kappa shape index (κ2) is 8.00. The molecule has 0 aliphatic rings. The molecule has 1 rings (SSSR count). The quantitative estimate of drug-likeness (QED) is 0.508. The van der Waals surface area contributed by atoms with Gasteiger partial charge in [-0.05, 0) is 23.1 Å². The first kappa shape index (κ1) is 15.8. The van der Waals surface area contributed by atoms with Gasteiger partial charge in [-0.2, -0.15) is 0 Å². The molecule has 0 aromatic heterocycles. The average molecular weight is 273 g/mol. The molecule has 1 aromatic carbocycles. The van der Waals surface area contributed by atoms with Crippen molar-refractivity contribution in [3.8, 4) is 0 Å². The molecule has 0 saturated heterocycles. The van der Waals surface area contributed by atoms with E-state index in [4.69, 9.17) is 4.74 Å². The van der Waals surface area contributed by atoms with Crippen LogP contribution in [0.3, 0.4) is 0 Å². The number of ether oxygens (including phenoxy) is 1. The van der Waals surface area contributed by atoms with E-state index >= 15 is 0 Å². The van der Waals surface area contributed by atoms with Gasteiger partial charge in [0.25, 0.3) is 0 Å². The monoisotopic (exact) mass is 273 g/mol. The van der Waals surface area contributed by atoms with Crippen molar-refractivity contribution in [2.24, 2.45) is 0 Å². The molecule has 0 aliphatic carbocycles. The van der Waals surface area contributed by atoms with Crippen LogP contribution in [0.4, 0.5) is 0 Å². The summed E-state index contributed by atoms with van der Waals surface area (Å²) in [6, 6.07) is 8.64. The van der Waals surface area contributed by atoms with E-state index in [1.165, 1.54) is 11.1 Å². The Labute approximate surface area is 119 Å². The van der Waals surface area contributed by atoms with Crippen molar-refractivity contribution in [2.75, 3.05) is 0 Å². The molecule has 0 fully saturated rings. The molecule has 0 N–H and O–H groups in total. The fourth-order valence-electron chi connectivity index (χ4n) is 1.94. The zero-order valence-corrected chi connectivity index (χ0v) is 13.7. The van der Waals surface area contributed by atoms with Crippen molar-refractivity contribution in [1.29, 1.82) is 0 Å². The third kappa shape index (κ3) is 5.47. The molecule has 0 saturated carbocycles. The van der Waals surface area contributed by atoms with E-state index in [2.05, 4.69) is 69.9 Å². The molecular formula is C17H25OSi. The smallest absolute Gasteiger partial charge is 0.0867 e. The van der Waals surface area contributed by atoms with Crippen LogP contribution in [0.15, 0.2) is 48.6 Å². The maximum absolute atomic E-state index is 5.40. The van der Waals surface area contributed by atoms with Gasteiger partial charge in [0.2, 0.25) is 0 Å². The highest BCUT2D eigenvalue weighted by molar-refractivity contribution is 6.61. The highest BCUT2D eigenvalue weighted by atomic mass is 28.3. The van der Waals surface area contributed by atoms with Crippen LogP contribution in [0, 0.1) is 0 Å². The van der Waals surface area contributed by atoms with Crippen LogP contribution in [0.25, 0.3) is 0 Å². The van der Waals surface area contributed by atoms with Crippen LogP contribution in [0.1, 0.15) is 43.7 Å². The molecule has 1 unspecified atom stereocenters. The Morgan fingerprint density at radius 1 is 1.00 bits per heavy atom. The van der Waals surface area contributed by atoms with E-state index in [0.29, 0.717) is 11.8 Å². The molecule has 0 amide bonds. The van der Waals surface area contributed by atoms with Gasteiger partial charge in [-0.1, -0.05) is 63.8 Å². The zero-order valence-electron chi connectivity index (χ0n) is 12.7. The van der Waals surface area contributed by atoms with Gasteiger partial charge in [-0.3, -0.25) is 0 Å². The summed E-state index contributed by atoms with van der Waals surface area (Å²) < 4.78 is 5.40. The lowest BCUT2D eigenvalue weighted by atomic mass is 9.90. The van der Waals surface area contributed by atoms with E-state index in [-0.39, 0.29) is 8.80 Å². The molecule has 0 aliphatic heterocycles. The minimum absolute atomic E-state index is 0.344. The summed E-state index contributed by atoms with van der Waals surface area (Å²) in [5.41, 5.74) is 4.95. The predicted molar refractivity (Wildman–Crippen MR) is 85.8 cm³/mol. The lowest BCUT2D eigenvalue weighted by Crippen LogP contribution is -1.98. The van der Waals surface area contributed by atoms with Gasteiger partial charge in [0.05, 0.1) is 21.3 Å². The minimum atomic E-state index is -0.344. The van der Waals surface area contributed by atoms with Gasteiger partial charge in [0.1, 0.15) is 0 Å². The zero-order chi connectivity index (χ0) is 14.3. The summed E-state index contributed by atoms with van der Waals surface area (Å²) in [5.74, 6) is 0.929. The molecule has 1 nitrogen and oxygen atoms in total. The topological polar surface area (TPSA) is 9.23 Å². The number of hydrogen-bond acceptors (Lipinski definition) is 1. The standard InChI is InChI=1S/C17H25OSi/c1-14(2)16-8-6-7-9-17(16)15(3)10-11-18-12-13-19(4)5/h6-15H,1-5H3. The number of hydrogen-bond donors (Lipinski definition) is 0. The van der Waals surface area contributed by atoms with Crippen LogP contribution >= 0.6 is 0 Å². The lowest BCUT2D eigenvalue weighted by molar-refractivity contribution is 0.400. The summed E-state index contributed by atoms with van der Waals surface area (Å²) in [4.78, 5) is 0. The molecule has 19 heavy (non-hydrogen) atoms. The molecule has 0 heterocycles. The van der Waals surface area contributed by atoms with Gasteiger partial charge in [-0.25, -0.2) is 0 Å². The first-order valence-corrected chi connectivity index (χ1v) is 9.47. The van der Waals surface area contributed by atoms with Gasteiger partial charge in [0.15, 0.2) is 0 Å². The maximum Gasteiger partial charge on any atom is 0.0867 e. The van der Waals surface area contributed by atoms with Gasteiger partial charge >= 0.3 is 0 Å². The minimum Gasteiger partial charge on any atom is -0.474 e. The average Bonchev–Trinajstić information content (AvgIpc) is 2.37. The third-order valence-electron chi connectivity index (χ3n) is 3.03. The first-order chi connectivity index (χ1) is 9.02. The van der Waals surface area contributed by atoms with Crippen LogP contribution < -0.4 is 0 Å². The van der Waals surface area contributed by atoms with Crippen LogP contribution in [-0.4, -0.2) is 8.80 Å². The second-order valence-corrected chi connectivity index (χ2v) is 7.91. The SMILES string of the molecule is CC(C)c1ccccc1C(C)C=COC=C[Si](C)C. The van der Waals surface area contributed by atoms with Crippen molar-refractivity contribution in [1.82, 2.24) is 0 Å². The molecule has 103 valence electrons. The largest absolute Gasteiger partial charge is 0.474 e. The number of rotatable bonds is 6. The highest BCUT2D eigenvalue weighted by Crippen LogP contribution is 2.26. The van der Waals surface area contributed by atoms with Crippen LogP contribution in [0.5, 0.6) is 0 Å². The number of benzene rings is 1. The molecule has 0 bridgehead atoms. The Morgan fingerprint density at radius 3 is 2.21 bits per heavy atom. The Hall–Kier alpha value is -1.28. The number of allylic oxidation sites excluding steroid dienone is 1. The molecule has 1 aromatic rings. The summed E-state index contributed by atoms with van der Waals surface area (Å²) in [6.45, 7) is 11.1. The Bertz CT molecular complexity index is 433. The van der Waals surface area contributed by atoms with E-state index < -0.39 is 0 Å². The first-order valence-electron chi connectivity index (χ1n) is 6.90. The van der Waals surface area contributed by atoms with Gasteiger partial charge in [-0.15, -0.1) is 0 Å². The molecule has 1 atom stereocenters. The Balaban J connectivity index is 2.68. The van der Waals surface area contributed by atoms with E-state index in [1.807, 2.05) is 0 Å². The fraction of sp³-hybridized carbons (Fsp3) is 0.412. The summed E-state index contributed by atoms with van der Waals surface area (Å²) >= 11 is 0. The highest BCUT2D eigenvalue weighted by Gasteiger charge is 2.09. The van der Waals surface area contributed by atoms with E-state index in [9.17, 15) is 0 Å². The molecule has 1 radical (unpaired) electrons. The Kier molecular flexibility index (Phi) is 6.64. The van der Waals surface area contributed by atoms with Crippen LogP contribution in [0.2, 0.25) is 13.1 Å². The van der Waals surface area contributed by atoms with E-state index in [0.717, 1.165) is 0 Å². The summed E-state index contributed by atoms with van der Waals surface area (Å²) in [5, 5.41) is 0. The van der Waals surface area contributed by atoms with Crippen molar-refractivity contribution in [3.05, 3.63) is 59.7 Å². The maximum atomic E-state index is 5.40. The molecule has 0 spiro atoms.